The van der Waals surface area contributed by atoms with Crippen LogP contribution in [0.4, 0.5) is 4.39 Å². The molecule has 0 fully saturated rings. The summed E-state index contributed by atoms with van der Waals surface area (Å²) in [6, 6.07) is 11.3. The molecule has 6 heteroatoms. The van der Waals surface area contributed by atoms with E-state index in [1.165, 1.54) is 19.2 Å². The zero-order valence-corrected chi connectivity index (χ0v) is 13.7. The molecule has 1 amide bonds. The summed E-state index contributed by atoms with van der Waals surface area (Å²) >= 11 is 0. The highest BCUT2D eigenvalue weighted by atomic mass is 19.1. The highest BCUT2D eigenvalue weighted by Gasteiger charge is 2.09. The van der Waals surface area contributed by atoms with Gasteiger partial charge in [-0.05, 0) is 49.4 Å². The molecule has 0 bridgehead atoms. The van der Waals surface area contributed by atoms with Gasteiger partial charge in [0.15, 0.2) is 11.6 Å². The SMILES string of the molecule is CCOc1ccc(OCCNC(=O)c2ccc(OC)c(F)c2)cc1. The van der Waals surface area contributed by atoms with Gasteiger partial charge in [-0.25, -0.2) is 4.39 Å². The number of ether oxygens (including phenoxy) is 3. The van der Waals surface area contributed by atoms with Crippen LogP contribution in [0.2, 0.25) is 0 Å². The van der Waals surface area contributed by atoms with Gasteiger partial charge < -0.3 is 19.5 Å². The molecule has 2 aromatic carbocycles. The number of nitrogens with one attached hydrogen (secondary N) is 1. The molecule has 24 heavy (non-hydrogen) atoms. The molecule has 5 nitrogen and oxygen atoms in total. The van der Waals surface area contributed by atoms with Crippen molar-refractivity contribution in [3.05, 3.63) is 53.8 Å². The third-order valence-electron chi connectivity index (χ3n) is 3.21. The molecule has 0 aliphatic heterocycles. The van der Waals surface area contributed by atoms with Crippen LogP contribution < -0.4 is 19.5 Å². The maximum Gasteiger partial charge on any atom is 0.251 e. The predicted octanol–water partition coefficient (Wildman–Crippen LogP) is 3.04. The van der Waals surface area contributed by atoms with Gasteiger partial charge in [0, 0.05) is 5.56 Å². The van der Waals surface area contributed by atoms with Crippen molar-refractivity contribution in [3.63, 3.8) is 0 Å². The van der Waals surface area contributed by atoms with E-state index in [1.54, 1.807) is 12.1 Å². The first-order valence-electron chi connectivity index (χ1n) is 7.61. The lowest BCUT2D eigenvalue weighted by molar-refractivity contribution is 0.0946. The van der Waals surface area contributed by atoms with Gasteiger partial charge in [0.25, 0.3) is 5.91 Å². The van der Waals surface area contributed by atoms with Crippen LogP contribution in [-0.2, 0) is 0 Å². The third kappa shape index (κ3) is 4.87. The van der Waals surface area contributed by atoms with Crippen LogP contribution >= 0.6 is 0 Å². The standard InChI is InChI=1S/C18H20FNO4/c1-3-23-14-5-7-15(8-6-14)24-11-10-20-18(21)13-4-9-17(22-2)16(19)12-13/h4-9,12H,3,10-11H2,1-2H3,(H,20,21). The first kappa shape index (κ1) is 17.6. The van der Waals surface area contributed by atoms with Crippen molar-refractivity contribution in [2.45, 2.75) is 6.92 Å². The fraction of sp³-hybridized carbons (Fsp3) is 0.278. The highest BCUT2D eigenvalue weighted by molar-refractivity contribution is 5.94. The summed E-state index contributed by atoms with van der Waals surface area (Å²) in [6.45, 7) is 3.14. The molecule has 128 valence electrons. The average Bonchev–Trinajstić information content (AvgIpc) is 2.60. The Labute approximate surface area is 140 Å². The normalized spacial score (nSPS) is 10.1. The number of carbonyl (C=O) groups excluding carboxylic acids is 1. The van der Waals surface area contributed by atoms with Crippen molar-refractivity contribution in [2.75, 3.05) is 26.9 Å². The first-order valence-corrected chi connectivity index (χ1v) is 7.61. The zero-order chi connectivity index (χ0) is 17.4. The van der Waals surface area contributed by atoms with Crippen LogP contribution in [0.15, 0.2) is 42.5 Å². The van der Waals surface area contributed by atoms with Gasteiger partial charge in [0.2, 0.25) is 0 Å². The van der Waals surface area contributed by atoms with Crippen LogP contribution in [0, 0.1) is 5.82 Å². The molecule has 0 atom stereocenters. The van der Waals surface area contributed by atoms with E-state index in [0.717, 1.165) is 11.8 Å². The molecule has 0 radical (unpaired) electrons. The number of hydrogen-bond acceptors (Lipinski definition) is 4. The molecular formula is C18H20FNO4. The third-order valence-corrected chi connectivity index (χ3v) is 3.21. The highest BCUT2D eigenvalue weighted by Crippen LogP contribution is 2.18. The van der Waals surface area contributed by atoms with Crippen LogP contribution in [0.3, 0.4) is 0 Å². The Bertz CT molecular complexity index is 673. The molecule has 0 aromatic heterocycles. The Morgan fingerprint density at radius 2 is 1.75 bits per heavy atom. The molecule has 0 aliphatic rings. The second-order valence-electron chi connectivity index (χ2n) is 4.86. The zero-order valence-electron chi connectivity index (χ0n) is 13.7. The Kier molecular flexibility index (Phi) is 6.42. The van der Waals surface area contributed by atoms with Gasteiger partial charge in [0.05, 0.1) is 20.3 Å². The number of halogens is 1. The lowest BCUT2D eigenvalue weighted by Gasteiger charge is -2.09. The van der Waals surface area contributed by atoms with E-state index in [9.17, 15) is 9.18 Å². The van der Waals surface area contributed by atoms with Crippen molar-refractivity contribution in [3.8, 4) is 17.2 Å². The summed E-state index contributed by atoms with van der Waals surface area (Å²) in [5.74, 6) is 0.621. The van der Waals surface area contributed by atoms with Gasteiger partial charge in [-0.3, -0.25) is 4.79 Å². The molecule has 2 rings (SSSR count). The van der Waals surface area contributed by atoms with E-state index in [-0.39, 0.29) is 17.2 Å². The van der Waals surface area contributed by atoms with Crippen molar-refractivity contribution in [2.24, 2.45) is 0 Å². The van der Waals surface area contributed by atoms with E-state index >= 15 is 0 Å². The topological polar surface area (TPSA) is 56.8 Å². The Hall–Kier alpha value is -2.76. The maximum atomic E-state index is 13.6. The summed E-state index contributed by atoms with van der Waals surface area (Å²) in [4.78, 5) is 11.9. The number of rotatable bonds is 8. The van der Waals surface area contributed by atoms with Gasteiger partial charge in [-0.2, -0.15) is 0 Å². The first-order chi connectivity index (χ1) is 11.6. The van der Waals surface area contributed by atoms with Crippen molar-refractivity contribution in [1.82, 2.24) is 5.32 Å². The van der Waals surface area contributed by atoms with Gasteiger partial charge >= 0.3 is 0 Å². The maximum absolute atomic E-state index is 13.6. The van der Waals surface area contributed by atoms with E-state index < -0.39 is 5.82 Å². The van der Waals surface area contributed by atoms with Crippen LogP contribution in [0.1, 0.15) is 17.3 Å². The van der Waals surface area contributed by atoms with Crippen LogP contribution in [-0.4, -0.2) is 32.8 Å². The Balaban J connectivity index is 1.77. The lowest BCUT2D eigenvalue weighted by Crippen LogP contribution is -2.28. The summed E-state index contributed by atoms with van der Waals surface area (Å²) in [6.07, 6.45) is 0. The smallest absolute Gasteiger partial charge is 0.251 e. The molecule has 0 aliphatic carbocycles. The van der Waals surface area contributed by atoms with Gasteiger partial charge in [0.1, 0.15) is 18.1 Å². The van der Waals surface area contributed by atoms with Crippen LogP contribution in [0.5, 0.6) is 17.2 Å². The second-order valence-corrected chi connectivity index (χ2v) is 4.86. The molecule has 0 saturated carbocycles. The van der Waals surface area contributed by atoms with E-state index in [2.05, 4.69) is 5.32 Å². The summed E-state index contributed by atoms with van der Waals surface area (Å²) in [5.41, 5.74) is 0.231. The average molecular weight is 333 g/mol. The van der Waals surface area contributed by atoms with Crippen molar-refractivity contribution < 1.29 is 23.4 Å². The molecule has 2 aromatic rings. The Morgan fingerprint density at radius 1 is 1.08 bits per heavy atom. The lowest BCUT2D eigenvalue weighted by atomic mass is 10.2. The van der Waals surface area contributed by atoms with Crippen molar-refractivity contribution in [1.29, 1.82) is 0 Å². The minimum absolute atomic E-state index is 0.102. The van der Waals surface area contributed by atoms with Gasteiger partial charge in [-0.1, -0.05) is 0 Å². The molecule has 0 spiro atoms. The summed E-state index contributed by atoms with van der Waals surface area (Å²) < 4.78 is 29.2. The number of carbonyl (C=O) groups is 1. The number of amides is 1. The fourth-order valence-electron chi connectivity index (χ4n) is 2.04. The van der Waals surface area contributed by atoms with Gasteiger partial charge in [-0.15, -0.1) is 0 Å². The van der Waals surface area contributed by atoms with E-state index in [1.807, 2.05) is 19.1 Å². The number of hydrogen-bond donors (Lipinski definition) is 1. The molecular weight excluding hydrogens is 313 g/mol. The molecule has 0 unspecified atom stereocenters. The van der Waals surface area contributed by atoms with Crippen LogP contribution in [0.25, 0.3) is 0 Å². The number of methoxy groups -OCH3 is 1. The Morgan fingerprint density at radius 3 is 2.33 bits per heavy atom. The predicted molar refractivity (Wildman–Crippen MR) is 88.4 cm³/mol. The fourth-order valence-corrected chi connectivity index (χ4v) is 2.04. The number of benzene rings is 2. The van der Waals surface area contributed by atoms with E-state index in [4.69, 9.17) is 14.2 Å². The monoisotopic (exact) mass is 333 g/mol. The second kappa shape index (κ2) is 8.76. The molecule has 1 N–H and O–H groups in total. The quantitative estimate of drug-likeness (QED) is 0.755. The molecule has 0 saturated heterocycles. The molecule has 0 heterocycles. The van der Waals surface area contributed by atoms with E-state index in [0.29, 0.717) is 25.5 Å². The largest absolute Gasteiger partial charge is 0.494 e. The minimum Gasteiger partial charge on any atom is -0.494 e. The van der Waals surface area contributed by atoms with Crippen molar-refractivity contribution >= 4 is 5.91 Å². The minimum atomic E-state index is -0.573. The summed E-state index contributed by atoms with van der Waals surface area (Å²) in [7, 11) is 1.37. The summed E-state index contributed by atoms with van der Waals surface area (Å²) in [5, 5.41) is 2.67.